The molecule has 0 saturated carbocycles. The lowest BCUT2D eigenvalue weighted by atomic mass is 10.1. The van der Waals surface area contributed by atoms with Crippen LogP contribution in [0.15, 0.2) is 20.5 Å². The second-order valence-electron chi connectivity index (χ2n) is 6.62. The van der Waals surface area contributed by atoms with Crippen LogP contribution in [0.3, 0.4) is 0 Å². The van der Waals surface area contributed by atoms with Gasteiger partial charge in [-0.1, -0.05) is 0 Å². The molecule has 0 spiro atoms. The number of ether oxygens (including phenoxy) is 1. The van der Waals surface area contributed by atoms with Gasteiger partial charge in [-0.15, -0.1) is 0 Å². The van der Waals surface area contributed by atoms with E-state index >= 15 is 0 Å². The summed E-state index contributed by atoms with van der Waals surface area (Å²) in [5, 5.41) is 8.29. The number of aromatic nitrogens is 1. The lowest BCUT2D eigenvalue weighted by molar-refractivity contribution is -0.105. The Morgan fingerprint density at radius 1 is 1.21 bits per heavy atom. The minimum atomic E-state index is -2.94. The number of carbonyl (C=O) groups is 1. The summed E-state index contributed by atoms with van der Waals surface area (Å²) in [7, 11) is -1.58. The molecule has 0 bridgehead atoms. The van der Waals surface area contributed by atoms with Crippen LogP contribution in [0.1, 0.15) is 35.4 Å². The monoisotopic (exact) mass is 406 g/mol. The highest BCUT2D eigenvalue weighted by molar-refractivity contribution is 7.96. The van der Waals surface area contributed by atoms with Gasteiger partial charge in [-0.3, -0.25) is 9.78 Å². The maximum Gasteiger partial charge on any atom is 0.229 e. The SMILES string of the molecule is CN=S(N)(=O)/C(=C/N)C1=NCCO1.O=CNc1c2c(nc3c1CCC3)CCC2. The number of hydrogen-bond acceptors (Lipinski definition) is 7. The van der Waals surface area contributed by atoms with Gasteiger partial charge in [-0.25, -0.2) is 18.7 Å². The molecule has 0 saturated heterocycles. The van der Waals surface area contributed by atoms with Gasteiger partial charge in [0.2, 0.25) is 12.3 Å². The third-order valence-corrected chi connectivity index (χ3v) is 6.47. The van der Waals surface area contributed by atoms with Crippen molar-refractivity contribution in [3.05, 3.63) is 33.6 Å². The predicted molar refractivity (Wildman–Crippen MR) is 109 cm³/mol. The number of rotatable bonds is 4. The van der Waals surface area contributed by atoms with Crippen molar-refractivity contribution in [2.45, 2.75) is 38.5 Å². The summed E-state index contributed by atoms with van der Waals surface area (Å²) in [6, 6.07) is 0. The zero-order valence-electron chi connectivity index (χ0n) is 15.9. The summed E-state index contributed by atoms with van der Waals surface area (Å²) in [5.41, 5.74) is 11.4. The Bertz CT molecular complexity index is 915. The van der Waals surface area contributed by atoms with Crippen LogP contribution in [0, 0.1) is 0 Å². The number of hydrogen-bond donors (Lipinski definition) is 3. The molecule has 0 radical (unpaired) electrons. The van der Waals surface area contributed by atoms with Crippen molar-refractivity contribution in [1.29, 1.82) is 0 Å². The first-order valence-corrected chi connectivity index (χ1v) is 10.9. The minimum Gasteiger partial charge on any atom is -0.475 e. The molecule has 1 aromatic rings. The fourth-order valence-corrected chi connectivity index (χ4v) is 4.46. The number of carbonyl (C=O) groups excluding carboxylic acids is 1. The second kappa shape index (κ2) is 8.70. The van der Waals surface area contributed by atoms with Crippen LogP contribution in [-0.4, -0.2) is 41.7 Å². The number of nitrogens with one attached hydrogen (secondary N) is 1. The first kappa shape index (κ1) is 20.3. The van der Waals surface area contributed by atoms with Crippen molar-refractivity contribution < 1.29 is 13.7 Å². The molecule has 1 aromatic heterocycles. The smallest absolute Gasteiger partial charge is 0.229 e. The van der Waals surface area contributed by atoms with Gasteiger partial charge in [0.15, 0.2) is 0 Å². The topological polar surface area (TPSA) is 145 Å². The van der Waals surface area contributed by atoms with Crippen molar-refractivity contribution in [2.24, 2.45) is 20.2 Å². The average molecular weight is 407 g/mol. The van der Waals surface area contributed by atoms with E-state index < -0.39 is 9.92 Å². The van der Waals surface area contributed by atoms with Gasteiger partial charge < -0.3 is 15.8 Å². The van der Waals surface area contributed by atoms with Crippen LogP contribution in [0.4, 0.5) is 5.69 Å². The Hall–Kier alpha value is -2.46. The van der Waals surface area contributed by atoms with Crippen molar-refractivity contribution in [1.82, 2.24) is 4.98 Å². The minimum absolute atomic E-state index is 0.160. The second-order valence-corrected chi connectivity index (χ2v) is 8.57. The Labute approximate surface area is 165 Å². The van der Waals surface area contributed by atoms with Gasteiger partial charge >= 0.3 is 0 Å². The van der Waals surface area contributed by atoms with Crippen LogP contribution in [0.25, 0.3) is 0 Å². The van der Waals surface area contributed by atoms with E-state index in [4.69, 9.17) is 20.6 Å². The first-order valence-electron chi connectivity index (χ1n) is 9.28. The quantitative estimate of drug-likeness (QED) is 0.634. The molecule has 152 valence electrons. The Morgan fingerprint density at radius 3 is 2.32 bits per heavy atom. The van der Waals surface area contributed by atoms with E-state index in [0.29, 0.717) is 13.2 Å². The molecule has 0 fully saturated rings. The molecule has 1 atom stereocenters. The number of nitrogens with two attached hydrogens (primary N) is 2. The van der Waals surface area contributed by atoms with Crippen molar-refractivity contribution in [2.75, 3.05) is 25.5 Å². The molecule has 28 heavy (non-hydrogen) atoms. The highest BCUT2D eigenvalue weighted by Gasteiger charge is 2.25. The molecule has 2 heterocycles. The number of amides is 1. The van der Waals surface area contributed by atoms with Gasteiger partial charge in [0.1, 0.15) is 21.4 Å². The van der Waals surface area contributed by atoms with Gasteiger partial charge in [0.25, 0.3) is 0 Å². The average Bonchev–Trinajstić information content (AvgIpc) is 3.44. The van der Waals surface area contributed by atoms with Crippen LogP contribution < -0.4 is 16.2 Å². The lowest BCUT2D eigenvalue weighted by Gasteiger charge is -2.12. The number of anilines is 1. The van der Waals surface area contributed by atoms with E-state index in [-0.39, 0.29) is 10.8 Å². The highest BCUT2D eigenvalue weighted by Crippen LogP contribution is 2.36. The number of nitrogens with zero attached hydrogens (tertiary/aromatic N) is 3. The highest BCUT2D eigenvalue weighted by atomic mass is 32.2. The van der Waals surface area contributed by atoms with Gasteiger partial charge in [-0.2, -0.15) is 0 Å². The van der Waals surface area contributed by atoms with Crippen LogP contribution in [0.5, 0.6) is 0 Å². The van der Waals surface area contributed by atoms with E-state index in [1.54, 1.807) is 0 Å². The number of aliphatic imine (C=N–C) groups is 1. The molecule has 2 aliphatic carbocycles. The fourth-order valence-electron chi connectivity index (χ4n) is 3.70. The number of fused-ring (bicyclic) bond motifs is 2. The third-order valence-electron chi connectivity index (χ3n) is 4.99. The molecule has 1 unspecified atom stereocenters. The van der Waals surface area contributed by atoms with Gasteiger partial charge in [-0.05, 0) is 49.7 Å². The summed E-state index contributed by atoms with van der Waals surface area (Å²) < 4.78 is 20.2. The van der Waals surface area contributed by atoms with Gasteiger partial charge in [0.05, 0.1) is 12.2 Å². The summed E-state index contributed by atoms with van der Waals surface area (Å²) in [5.74, 6) is 0.237. The largest absolute Gasteiger partial charge is 0.475 e. The van der Waals surface area contributed by atoms with Crippen molar-refractivity contribution in [3.8, 4) is 0 Å². The summed E-state index contributed by atoms with van der Waals surface area (Å²) >= 11 is 0. The summed E-state index contributed by atoms with van der Waals surface area (Å²) in [6.07, 6.45) is 8.59. The van der Waals surface area contributed by atoms with E-state index in [0.717, 1.165) is 44.0 Å². The maximum atomic E-state index is 11.6. The maximum absolute atomic E-state index is 11.6. The predicted octanol–water partition coefficient (Wildman–Crippen LogP) is 0.814. The zero-order chi connectivity index (χ0) is 20.1. The molecular formula is C18H26N6O3S. The Balaban J connectivity index is 0.000000163. The van der Waals surface area contributed by atoms with Crippen molar-refractivity contribution >= 4 is 27.9 Å². The molecule has 1 amide bonds. The number of pyridine rings is 1. The molecule has 3 aliphatic rings. The van der Waals surface area contributed by atoms with E-state index in [1.165, 1.54) is 42.4 Å². The van der Waals surface area contributed by atoms with Crippen LogP contribution in [-0.2, 0) is 45.1 Å². The fraction of sp³-hybridized carbons (Fsp3) is 0.500. The van der Waals surface area contributed by atoms with Crippen LogP contribution >= 0.6 is 0 Å². The Morgan fingerprint density at radius 2 is 1.86 bits per heavy atom. The van der Waals surface area contributed by atoms with E-state index in [2.05, 4.69) is 14.7 Å². The standard InChI is InChI=1S/C12H14N2O.C6H12N4O2S/c15-7-13-12-8-3-1-5-10(8)14-11-6-2-4-9(11)12;1-9-13(8,11)5(4-7)6-10-2-3-12-6/h7H,1-6H2,(H,13,14,15);4H,2-3,7H2,1H3,(H2,8,9,11)/b;5-4+. The Kier molecular flexibility index (Phi) is 6.30. The molecule has 1 aliphatic heterocycles. The molecular weight excluding hydrogens is 380 g/mol. The van der Waals surface area contributed by atoms with E-state index in [1.807, 2.05) is 0 Å². The summed E-state index contributed by atoms with van der Waals surface area (Å²) in [4.78, 5) is 19.5. The first-order chi connectivity index (χ1) is 13.5. The van der Waals surface area contributed by atoms with E-state index in [9.17, 15) is 9.00 Å². The van der Waals surface area contributed by atoms with Crippen LogP contribution in [0.2, 0.25) is 0 Å². The molecule has 10 heteroatoms. The lowest BCUT2D eigenvalue weighted by Crippen LogP contribution is -2.22. The molecule has 0 aromatic carbocycles. The third kappa shape index (κ3) is 4.02. The zero-order valence-corrected chi connectivity index (χ0v) is 16.8. The molecule has 4 rings (SSSR count). The molecule has 5 N–H and O–H groups in total. The summed E-state index contributed by atoms with van der Waals surface area (Å²) in [6.45, 7) is 0.998. The normalized spacial score (nSPS) is 19.4. The molecule has 9 nitrogen and oxygen atoms in total. The van der Waals surface area contributed by atoms with Crippen molar-refractivity contribution in [3.63, 3.8) is 0 Å². The number of aryl methyl sites for hydroxylation is 2. The van der Waals surface area contributed by atoms with Gasteiger partial charge in [0, 0.05) is 24.6 Å².